The lowest BCUT2D eigenvalue weighted by Gasteiger charge is -2.40. The molecule has 2 rings (SSSR count). The fraction of sp³-hybridized carbons (Fsp3) is 0.368. The molecule has 23 heavy (non-hydrogen) atoms. The number of rotatable bonds is 7. The SMILES string of the molecule is CC(CCO)C(CCO)(c1ccccc1O)c1ccccc1O. The predicted octanol–water partition coefficient (Wildman–Crippen LogP) is 2.78. The molecule has 0 aliphatic carbocycles. The topological polar surface area (TPSA) is 80.9 Å². The van der Waals surface area contributed by atoms with Gasteiger partial charge < -0.3 is 20.4 Å². The van der Waals surface area contributed by atoms with E-state index in [-0.39, 0.29) is 30.6 Å². The van der Waals surface area contributed by atoms with Gasteiger partial charge in [-0.3, -0.25) is 0 Å². The lowest BCUT2D eigenvalue weighted by Crippen LogP contribution is -2.37. The Hall–Kier alpha value is -2.04. The molecule has 0 aliphatic heterocycles. The van der Waals surface area contributed by atoms with Crippen LogP contribution in [-0.4, -0.2) is 33.6 Å². The lowest BCUT2D eigenvalue weighted by molar-refractivity contribution is 0.180. The van der Waals surface area contributed by atoms with Crippen LogP contribution < -0.4 is 0 Å². The third kappa shape index (κ3) is 3.19. The molecular weight excluding hydrogens is 292 g/mol. The molecule has 2 aromatic carbocycles. The Labute approximate surface area is 136 Å². The molecule has 0 bridgehead atoms. The molecular formula is C19H24O4. The number of phenolic OH excluding ortho intramolecular Hbond substituents is 2. The van der Waals surface area contributed by atoms with Gasteiger partial charge >= 0.3 is 0 Å². The molecule has 1 atom stereocenters. The number of aliphatic hydroxyl groups excluding tert-OH is 2. The standard InChI is InChI=1S/C19H24O4/c1-14(10-12-20)19(11-13-21,15-6-2-4-8-17(15)22)16-7-3-5-9-18(16)23/h2-9,14,20-23H,10-13H2,1H3. The Balaban J connectivity index is 2.75. The van der Waals surface area contributed by atoms with Gasteiger partial charge in [-0.2, -0.15) is 0 Å². The summed E-state index contributed by atoms with van der Waals surface area (Å²) in [6.45, 7) is 1.86. The van der Waals surface area contributed by atoms with Gasteiger partial charge in [0.2, 0.25) is 0 Å². The van der Waals surface area contributed by atoms with E-state index in [1.165, 1.54) is 0 Å². The van der Waals surface area contributed by atoms with Gasteiger partial charge in [0.05, 0.1) is 0 Å². The van der Waals surface area contributed by atoms with Gasteiger partial charge in [0.25, 0.3) is 0 Å². The summed E-state index contributed by atoms with van der Waals surface area (Å²) in [5, 5.41) is 39.9. The molecule has 4 heteroatoms. The number of aliphatic hydroxyl groups is 2. The maximum absolute atomic E-state index is 10.4. The van der Waals surface area contributed by atoms with Crippen molar-refractivity contribution in [3.05, 3.63) is 59.7 Å². The number of hydrogen-bond donors (Lipinski definition) is 4. The summed E-state index contributed by atoms with van der Waals surface area (Å²) < 4.78 is 0. The largest absolute Gasteiger partial charge is 0.508 e. The Morgan fingerprint density at radius 3 is 1.70 bits per heavy atom. The van der Waals surface area contributed by atoms with Crippen LogP contribution in [0.25, 0.3) is 0 Å². The molecule has 2 aromatic rings. The molecule has 124 valence electrons. The molecule has 0 heterocycles. The van der Waals surface area contributed by atoms with Gasteiger partial charge in [-0.1, -0.05) is 43.3 Å². The Kier molecular flexibility index (Phi) is 5.64. The summed E-state index contributed by atoms with van der Waals surface area (Å²) in [7, 11) is 0. The van der Waals surface area contributed by atoms with E-state index in [0.717, 1.165) is 0 Å². The highest BCUT2D eigenvalue weighted by atomic mass is 16.3. The number of phenols is 2. The minimum Gasteiger partial charge on any atom is -0.508 e. The minimum absolute atomic E-state index is 0.00443. The third-order valence-electron chi connectivity index (χ3n) is 4.68. The summed E-state index contributed by atoms with van der Waals surface area (Å²) in [5.41, 5.74) is 0.516. The molecule has 0 amide bonds. The van der Waals surface area contributed by atoms with Crippen molar-refractivity contribution in [3.63, 3.8) is 0 Å². The molecule has 4 N–H and O–H groups in total. The molecule has 1 unspecified atom stereocenters. The van der Waals surface area contributed by atoms with E-state index >= 15 is 0 Å². The van der Waals surface area contributed by atoms with Crippen molar-refractivity contribution in [2.24, 2.45) is 5.92 Å². The zero-order valence-corrected chi connectivity index (χ0v) is 13.3. The van der Waals surface area contributed by atoms with Crippen LogP contribution in [0.3, 0.4) is 0 Å². The van der Waals surface area contributed by atoms with Crippen LogP contribution in [0.15, 0.2) is 48.5 Å². The average molecular weight is 316 g/mol. The van der Waals surface area contributed by atoms with Gasteiger partial charge in [-0.25, -0.2) is 0 Å². The van der Waals surface area contributed by atoms with Gasteiger partial charge in [0, 0.05) is 29.8 Å². The number of benzene rings is 2. The second kappa shape index (κ2) is 7.49. The van der Waals surface area contributed by atoms with E-state index in [2.05, 4.69) is 0 Å². The molecule has 0 spiro atoms. The quantitative estimate of drug-likeness (QED) is 0.633. The average Bonchev–Trinajstić information content (AvgIpc) is 2.54. The number of hydrogen-bond acceptors (Lipinski definition) is 4. The molecule has 0 saturated heterocycles. The molecule has 0 saturated carbocycles. The van der Waals surface area contributed by atoms with Crippen molar-refractivity contribution in [2.75, 3.05) is 13.2 Å². The van der Waals surface area contributed by atoms with E-state index in [4.69, 9.17) is 0 Å². The number of para-hydroxylation sites is 2. The lowest BCUT2D eigenvalue weighted by atomic mass is 9.63. The zero-order chi connectivity index (χ0) is 16.9. The first-order valence-electron chi connectivity index (χ1n) is 7.86. The van der Waals surface area contributed by atoms with E-state index in [1.807, 2.05) is 31.2 Å². The Bertz CT molecular complexity index is 593. The van der Waals surface area contributed by atoms with E-state index in [1.54, 1.807) is 24.3 Å². The molecule has 0 radical (unpaired) electrons. The van der Waals surface area contributed by atoms with E-state index < -0.39 is 5.41 Å². The summed E-state index contributed by atoms with van der Waals surface area (Å²) in [4.78, 5) is 0. The van der Waals surface area contributed by atoms with Crippen LogP contribution in [0.4, 0.5) is 0 Å². The molecule has 0 aromatic heterocycles. The second-order valence-electron chi connectivity index (χ2n) is 5.89. The van der Waals surface area contributed by atoms with Crippen LogP contribution in [-0.2, 0) is 5.41 Å². The van der Waals surface area contributed by atoms with Gasteiger partial charge in [0.15, 0.2) is 0 Å². The van der Waals surface area contributed by atoms with Crippen molar-refractivity contribution in [1.29, 1.82) is 0 Å². The maximum Gasteiger partial charge on any atom is 0.119 e. The van der Waals surface area contributed by atoms with Crippen molar-refractivity contribution in [2.45, 2.75) is 25.2 Å². The first kappa shape index (κ1) is 17.3. The maximum atomic E-state index is 10.4. The van der Waals surface area contributed by atoms with Gasteiger partial charge in [-0.05, 0) is 30.9 Å². The Morgan fingerprint density at radius 1 is 0.826 bits per heavy atom. The number of aromatic hydroxyl groups is 2. The Morgan fingerprint density at radius 2 is 1.30 bits per heavy atom. The molecule has 0 aliphatic rings. The monoisotopic (exact) mass is 316 g/mol. The van der Waals surface area contributed by atoms with Crippen molar-refractivity contribution in [1.82, 2.24) is 0 Å². The third-order valence-corrected chi connectivity index (χ3v) is 4.68. The van der Waals surface area contributed by atoms with Crippen LogP contribution >= 0.6 is 0 Å². The summed E-state index contributed by atoms with van der Waals surface area (Å²) in [6.07, 6.45) is 0.825. The van der Waals surface area contributed by atoms with Crippen molar-refractivity contribution < 1.29 is 20.4 Å². The smallest absolute Gasteiger partial charge is 0.119 e. The highest BCUT2D eigenvalue weighted by Crippen LogP contribution is 2.49. The summed E-state index contributed by atoms with van der Waals surface area (Å²) in [5.74, 6) is 0.143. The summed E-state index contributed by atoms with van der Waals surface area (Å²) >= 11 is 0. The van der Waals surface area contributed by atoms with Crippen molar-refractivity contribution in [3.8, 4) is 11.5 Å². The fourth-order valence-corrected chi connectivity index (χ4v) is 3.51. The van der Waals surface area contributed by atoms with E-state index in [9.17, 15) is 20.4 Å². The molecule has 0 fully saturated rings. The first-order chi connectivity index (χ1) is 11.1. The first-order valence-corrected chi connectivity index (χ1v) is 7.86. The van der Waals surface area contributed by atoms with E-state index in [0.29, 0.717) is 24.0 Å². The van der Waals surface area contributed by atoms with Crippen LogP contribution in [0.2, 0.25) is 0 Å². The highest BCUT2D eigenvalue weighted by Gasteiger charge is 2.42. The fourth-order valence-electron chi connectivity index (χ4n) is 3.51. The van der Waals surface area contributed by atoms with Crippen LogP contribution in [0.1, 0.15) is 30.9 Å². The normalized spacial score (nSPS) is 13.0. The van der Waals surface area contributed by atoms with Crippen LogP contribution in [0.5, 0.6) is 11.5 Å². The minimum atomic E-state index is -0.784. The zero-order valence-electron chi connectivity index (χ0n) is 13.3. The highest BCUT2D eigenvalue weighted by molar-refractivity contribution is 5.51. The van der Waals surface area contributed by atoms with Gasteiger partial charge in [-0.15, -0.1) is 0 Å². The van der Waals surface area contributed by atoms with Crippen molar-refractivity contribution >= 4 is 0 Å². The summed E-state index contributed by atoms with van der Waals surface area (Å²) in [6, 6.07) is 14.0. The second-order valence-corrected chi connectivity index (χ2v) is 5.89. The predicted molar refractivity (Wildman–Crippen MR) is 89.6 cm³/mol. The van der Waals surface area contributed by atoms with Gasteiger partial charge in [0.1, 0.15) is 11.5 Å². The van der Waals surface area contributed by atoms with Crippen LogP contribution in [0, 0.1) is 5.92 Å². The molecule has 4 nitrogen and oxygen atoms in total.